The van der Waals surface area contributed by atoms with Crippen LogP contribution in [-0.4, -0.2) is 190 Å². The van der Waals surface area contributed by atoms with Crippen LogP contribution in [0.1, 0.15) is 89.9 Å². The molecule has 0 saturated carbocycles. The SMILES string of the molecule is C[N+]1(CCCCCBr)CCCC1.C[N+]1(CCOCCBr)CCCC1.C[n+]1ccn(CCCCC[N+]2(C)CCCC2)c1.C[n+]1ccn(CCOCC[N+]2(C)CCCC2)c1.Cn1ccnc1.Cn1ccnc1.[Br-].[Br-].[Br-].[Br-].[Br-].[Br-]. The monoisotopic (exact) mass is 1580 g/mol. The van der Waals surface area contributed by atoms with E-state index >= 15 is 0 Å². The Morgan fingerprint density at radius 2 is 0.789 bits per heavy atom. The summed E-state index contributed by atoms with van der Waals surface area (Å²) >= 11 is 6.82. The molecule has 0 radical (unpaired) electrons. The smallest absolute Gasteiger partial charge is 0.243 e. The van der Waals surface area contributed by atoms with Crippen LogP contribution in [0.4, 0.5) is 0 Å². The topological polar surface area (TPSA) is 71.7 Å². The number of aryl methyl sites for hydroxylation is 5. The van der Waals surface area contributed by atoms with Crippen molar-refractivity contribution in [2.24, 2.45) is 28.2 Å². The lowest BCUT2D eigenvalue weighted by molar-refractivity contribution is -0.898. The molecule has 0 spiro atoms. The van der Waals surface area contributed by atoms with Crippen molar-refractivity contribution in [3.05, 3.63) is 74.9 Å². The molecule has 0 amide bonds. The lowest BCUT2D eigenvalue weighted by Gasteiger charge is -2.29. The number of alkyl halides is 2. The second kappa shape index (κ2) is 48.9. The fourth-order valence-electron chi connectivity index (χ4n) is 9.94. The molecular formula is C54H104Br8N12O2. The third-order valence-corrected chi connectivity index (χ3v) is 15.6. The zero-order valence-electron chi connectivity index (χ0n) is 48.2. The van der Waals surface area contributed by atoms with Gasteiger partial charge in [-0.1, -0.05) is 31.9 Å². The molecule has 0 bridgehead atoms. The summed E-state index contributed by atoms with van der Waals surface area (Å²) in [4.78, 5) is 7.57. The van der Waals surface area contributed by atoms with Crippen molar-refractivity contribution in [2.45, 2.75) is 103 Å². The Hall–Kier alpha value is 0.440. The van der Waals surface area contributed by atoms with E-state index in [2.05, 4.69) is 133 Å². The molecule has 4 aromatic heterocycles. The summed E-state index contributed by atoms with van der Waals surface area (Å²) in [6.45, 7) is 21.8. The van der Waals surface area contributed by atoms with Crippen LogP contribution in [0.25, 0.3) is 0 Å². The molecule has 0 N–H and O–H groups in total. The molecule has 22 heteroatoms. The third kappa shape index (κ3) is 39.8. The lowest BCUT2D eigenvalue weighted by Crippen LogP contribution is -3.00. The highest BCUT2D eigenvalue weighted by Gasteiger charge is 2.28. The molecule has 0 unspecified atom stereocenters. The van der Waals surface area contributed by atoms with Gasteiger partial charge in [-0.15, -0.1) is 0 Å². The molecule has 0 aromatic carbocycles. The highest BCUT2D eigenvalue weighted by atomic mass is 79.9. The molecule has 448 valence electrons. The number of ether oxygens (including phenoxy) is 2. The van der Waals surface area contributed by atoms with Crippen LogP contribution in [-0.2, 0) is 50.8 Å². The highest BCUT2D eigenvalue weighted by molar-refractivity contribution is 9.09. The number of hydrogen-bond acceptors (Lipinski definition) is 4. The summed E-state index contributed by atoms with van der Waals surface area (Å²) in [6.07, 6.45) is 43.0. The Balaban J connectivity index is -0.000000416. The molecule has 4 fully saturated rings. The predicted octanol–water partition coefficient (Wildman–Crippen LogP) is -10.4. The zero-order chi connectivity index (χ0) is 50.8. The Bertz CT molecular complexity index is 1690. The van der Waals surface area contributed by atoms with Gasteiger partial charge in [0.2, 0.25) is 12.7 Å². The first-order valence-electron chi connectivity index (χ1n) is 27.2. The van der Waals surface area contributed by atoms with Crippen LogP contribution in [0.5, 0.6) is 0 Å². The van der Waals surface area contributed by atoms with Gasteiger partial charge in [0.05, 0.1) is 153 Å². The summed E-state index contributed by atoms with van der Waals surface area (Å²) in [6, 6.07) is 0. The van der Waals surface area contributed by atoms with E-state index in [0.29, 0.717) is 0 Å². The fourth-order valence-corrected chi connectivity index (χ4v) is 10.6. The maximum Gasteiger partial charge on any atom is 0.243 e. The molecule has 76 heavy (non-hydrogen) atoms. The van der Waals surface area contributed by atoms with Crippen molar-refractivity contribution in [3.63, 3.8) is 0 Å². The Labute approximate surface area is 543 Å². The summed E-state index contributed by atoms with van der Waals surface area (Å²) in [5, 5.41) is 2.13. The highest BCUT2D eigenvalue weighted by Crippen LogP contribution is 2.19. The molecule has 8 rings (SSSR count). The molecule has 14 nitrogen and oxygen atoms in total. The van der Waals surface area contributed by atoms with E-state index in [-0.39, 0.29) is 102 Å². The van der Waals surface area contributed by atoms with Gasteiger partial charge in [-0.3, -0.25) is 0 Å². The molecule has 4 aliphatic rings. The Morgan fingerprint density at radius 3 is 1.09 bits per heavy atom. The van der Waals surface area contributed by atoms with Gasteiger partial charge < -0.3 is 138 Å². The number of imidazole rings is 4. The van der Waals surface area contributed by atoms with Gasteiger partial charge in [0.1, 0.15) is 44.4 Å². The van der Waals surface area contributed by atoms with E-state index in [1.165, 1.54) is 198 Å². The van der Waals surface area contributed by atoms with E-state index < -0.39 is 0 Å². The van der Waals surface area contributed by atoms with Crippen LogP contribution in [0, 0.1) is 0 Å². The second-order valence-corrected chi connectivity index (χ2v) is 23.4. The van der Waals surface area contributed by atoms with Crippen molar-refractivity contribution < 1.29 is 138 Å². The molecule has 4 saturated heterocycles. The lowest BCUT2D eigenvalue weighted by atomic mass is 10.2. The molecule has 0 aliphatic carbocycles. The van der Waals surface area contributed by atoms with Gasteiger partial charge in [0.25, 0.3) is 0 Å². The maximum absolute atomic E-state index is 5.73. The van der Waals surface area contributed by atoms with Gasteiger partial charge in [-0.2, -0.15) is 0 Å². The average molecular weight is 1590 g/mol. The van der Waals surface area contributed by atoms with Crippen LogP contribution >= 0.6 is 31.9 Å². The number of likely N-dealkylation sites (N-methyl/N-ethyl adjacent to an activating group) is 2. The largest absolute Gasteiger partial charge is 1.00 e. The van der Waals surface area contributed by atoms with E-state index in [1.807, 2.05) is 42.7 Å². The quantitative estimate of drug-likeness (QED) is 0.0340. The number of unbranched alkanes of at least 4 members (excludes halogenated alkanes) is 4. The number of hydrogen-bond donors (Lipinski definition) is 0. The van der Waals surface area contributed by atoms with Crippen molar-refractivity contribution in [2.75, 3.05) is 144 Å². The second-order valence-electron chi connectivity index (χ2n) is 21.8. The minimum Gasteiger partial charge on any atom is -1.00 e. The van der Waals surface area contributed by atoms with E-state index in [9.17, 15) is 0 Å². The van der Waals surface area contributed by atoms with Crippen molar-refractivity contribution >= 4 is 31.9 Å². The van der Waals surface area contributed by atoms with Crippen molar-refractivity contribution in [1.29, 1.82) is 0 Å². The molecular weight excluding hydrogens is 1490 g/mol. The molecule has 4 aromatic rings. The minimum atomic E-state index is 0. The van der Waals surface area contributed by atoms with Gasteiger partial charge >= 0.3 is 0 Å². The number of quaternary nitrogens is 4. The number of aromatic nitrogens is 8. The standard InChI is InChI=1S/C14H27N3.C13H25N3O.C10H21BrN.C9H19BrNO.2C4H6N2.6BrH/c1-15-9-10-16(14-15)8-4-3-5-11-17(2)12-6-7-13-17;1-14-5-6-15(13-14)7-11-17-12-10-16(2)8-3-4-9-16;1-12(9-5-6-10-12)8-4-2-3-7-11;1-11(5-2-3-6-11)7-9-12-8-4-10;2*1-6-3-2-5-4-6;;;;;;/h9-10,14H,3-8,11-13H2,1-2H3;5-6,13H,3-4,7-12H2,1-2H3;2-10H2,1H3;2-9H2,1H3;2*2-4H,1H3;6*1H/q2*+2;2*+1;;;;;;;;/p-6. The third-order valence-electron chi connectivity index (χ3n) is 14.7. The zero-order valence-corrected chi connectivity index (χ0v) is 60.9. The summed E-state index contributed by atoms with van der Waals surface area (Å²) < 4.78 is 28.7. The van der Waals surface area contributed by atoms with Gasteiger partial charge in [0, 0.05) is 101 Å². The first-order chi connectivity index (χ1) is 33.7. The molecule has 0 atom stereocenters. The van der Waals surface area contributed by atoms with Crippen LogP contribution in [0.3, 0.4) is 0 Å². The fraction of sp³-hybridized carbons (Fsp3) is 0.778. The molecule has 4 aliphatic heterocycles. The Morgan fingerprint density at radius 1 is 0.434 bits per heavy atom. The van der Waals surface area contributed by atoms with Crippen molar-refractivity contribution in [3.8, 4) is 0 Å². The molecule has 8 heterocycles. The first-order valence-corrected chi connectivity index (χ1v) is 29.4. The number of nitrogens with zero attached hydrogens (tertiary/aromatic N) is 12. The number of halogens is 8. The maximum atomic E-state index is 5.73. The van der Waals surface area contributed by atoms with Crippen LogP contribution in [0.15, 0.2) is 74.9 Å². The predicted molar refractivity (Wildman–Crippen MR) is 295 cm³/mol. The minimum absolute atomic E-state index is 0. The number of likely N-dealkylation sites (tertiary alicyclic amines) is 4. The number of rotatable bonds is 22. The van der Waals surface area contributed by atoms with Crippen molar-refractivity contribution in [1.82, 2.24) is 28.2 Å². The summed E-state index contributed by atoms with van der Waals surface area (Å²) in [5.74, 6) is 0. The summed E-state index contributed by atoms with van der Waals surface area (Å²) in [5.41, 5.74) is 0. The van der Waals surface area contributed by atoms with E-state index in [0.717, 1.165) is 38.3 Å². The van der Waals surface area contributed by atoms with Gasteiger partial charge in [-0.25, -0.2) is 28.2 Å². The normalized spacial score (nSPS) is 16.6. The van der Waals surface area contributed by atoms with Crippen LogP contribution in [0.2, 0.25) is 0 Å². The van der Waals surface area contributed by atoms with E-state index in [1.54, 1.807) is 25.0 Å². The Kier molecular flexibility index (Phi) is 53.4. The van der Waals surface area contributed by atoms with Gasteiger partial charge in [0.15, 0.2) is 0 Å². The van der Waals surface area contributed by atoms with Crippen LogP contribution < -0.4 is 111 Å². The van der Waals surface area contributed by atoms with E-state index in [4.69, 9.17) is 9.47 Å². The average Bonchev–Trinajstić information content (AvgIpc) is 4.19. The summed E-state index contributed by atoms with van der Waals surface area (Å²) in [7, 11) is 17.5. The first kappa shape index (κ1) is 82.9. The van der Waals surface area contributed by atoms with Gasteiger partial charge in [-0.05, 0) is 38.5 Å².